The second kappa shape index (κ2) is 8.33. The summed E-state index contributed by atoms with van der Waals surface area (Å²) in [6.45, 7) is 1.76. The summed E-state index contributed by atoms with van der Waals surface area (Å²) < 4.78 is 20.7. The topological polar surface area (TPSA) is 126 Å². The lowest BCUT2D eigenvalue weighted by Crippen LogP contribution is -2.51. The molecule has 190 valence electrons. The monoisotopic (exact) mass is 529 g/mol. The minimum Gasteiger partial charge on any atom is -0.356 e. The van der Waals surface area contributed by atoms with Crippen LogP contribution in [0.5, 0.6) is 0 Å². The first kappa shape index (κ1) is 22.8. The molecule has 0 fully saturated rings. The predicted molar refractivity (Wildman–Crippen MR) is 137 cm³/mol. The molecule has 2 aromatic carbocycles. The molecule has 4 aromatic heterocycles. The second-order valence-electron chi connectivity index (χ2n) is 9.41. The van der Waals surface area contributed by atoms with Crippen molar-refractivity contribution in [2.45, 2.75) is 24.9 Å². The molecule has 1 aliphatic heterocycles. The molecule has 0 aliphatic carbocycles. The molecule has 38 heavy (non-hydrogen) atoms. The summed E-state index contributed by atoms with van der Waals surface area (Å²) in [7, 11) is 1.86. The van der Waals surface area contributed by atoms with E-state index in [-0.39, 0.29) is 11.9 Å². The first-order chi connectivity index (χ1) is 18.4. The molecular weight excluding hydrogens is 509 g/mol. The molecule has 0 saturated heterocycles. The van der Waals surface area contributed by atoms with Gasteiger partial charge in [0.15, 0.2) is 11.4 Å². The highest BCUT2D eigenvalue weighted by Crippen LogP contribution is 2.45. The zero-order valence-corrected chi connectivity index (χ0v) is 21.1. The molecule has 1 unspecified atom stereocenters. The van der Waals surface area contributed by atoms with Gasteiger partial charge in [-0.1, -0.05) is 16.8 Å². The molecule has 0 amide bonds. The molecule has 12 heteroatoms. The van der Waals surface area contributed by atoms with Crippen LogP contribution in [-0.4, -0.2) is 40.1 Å². The van der Waals surface area contributed by atoms with Crippen LogP contribution in [0.4, 0.5) is 4.39 Å². The Hall–Kier alpha value is -4.35. The summed E-state index contributed by atoms with van der Waals surface area (Å²) in [5.41, 5.74) is 3.33. The van der Waals surface area contributed by atoms with E-state index in [1.807, 2.05) is 31.4 Å². The largest absolute Gasteiger partial charge is 0.356 e. The molecule has 0 radical (unpaired) electrons. The number of benzene rings is 2. The maximum atomic E-state index is 13.5. The number of H-pyrrole nitrogens is 2. The standard InChI is InChI=1S/C26H21ClFN9O/c1-13-30-25(36-38-13)26(15-11-29-37(2)12-15)22-19(18-9-16(27)5-8-20(18)31-22)10-21(33-26)24-32-23(34-35-24)14-3-6-17(28)7-4-14/h3-9,11-12,21,31,33H,10H2,1-2H3,(H,32,34,35)/t21-,26?/m1/s1. The van der Waals surface area contributed by atoms with Crippen LogP contribution in [-0.2, 0) is 19.0 Å². The van der Waals surface area contributed by atoms with Crippen LogP contribution in [0.3, 0.4) is 0 Å². The van der Waals surface area contributed by atoms with Gasteiger partial charge in [-0.3, -0.25) is 15.1 Å². The van der Waals surface area contributed by atoms with Crippen molar-refractivity contribution in [3.63, 3.8) is 0 Å². The van der Waals surface area contributed by atoms with Crippen molar-refractivity contribution in [3.8, 4) is 11.4 Å². The van der Waals surface area contributed by atoms with Gasteiger partial charge in [0, 0.05) is 47.2 Å². The highest BCUT2D eigenvalue weighted by atomic mass is 35.5. The van der Waals surface area contributed by atoms with Crippen LogP contribution < -0.4 is 5.32 Å². The van der Waals surface area contributed by atoms with Crippen molar-refractivity contribution in [2.24, 2.45) is 7.05 Å². The van der Waals surface area contributed by atoms with E-state index >= 15 is 0 Å². The highest BCUT2D eigenvalue weighted by molar-refractivity contribution is 6.31. The summed E-state index contributed by atoms with van der Waals surface area (Å²) >= 11 is 6.43. The Morgan fingerprint density at radius 1 is 1.16 bits per heavy atom. The number of hydrogen-bond acceptors (Lipinski definition) is 7. The van der Waals surface area contributed by atoms with Crippen molar-refractivity contribution in [1.29, 1.82) is 0 Å². The van der Waals surface area contributed by atoms with Crippen LogP contribution in [0.1, 0.15) is 40.4 Å². The maximum absolute atomic E-state index is 13.5. The third-order valence-electron chi connectivity index (χ3n) is 6.98. The summed E-state index contributed by atoms with van der Waals surface area (Å²) in [6.07, 6.45) is 4.29. The van der Waals surface area contributed by atoms with E-state index in [2.05, 4.69) is 35.7 Å². The van der Waals surface area contributed by atoms with Crippen LogP contribution in [0.25, 0.3) is 22.3 Å². The van der Waals surface area contributed by atoms with Crippen molar-refractivity contribution >= 4 is 22.5 Å². The first-order valence-electron chi connectivity index (χ1n) is 12.0. The predicted octanol–water partition coefficient (Wildman–Crippen LogP) is 4.35. The van der Waals surface area contributed by atoms with E-state index in [9.17, 15) is 4.39 Å². The average Bonchev–Trinajstić information content (AvgIpc) is 3.71. The fourth-order valence-electron chi connectivity index (χ4n) is 5.26. The van der Waals surface area contributed by atoms with E-state index in [4.69, 9.17) is 21.1 Å². The van der Waals surface area contributed by atoms with E-state index in [1.54, 1.807) is 29.9 Å². The Bertz CT molecular complexity index is 1760. The SMILES string of the molecule is Cc1nc(C2(c3cnn(C)c3)N[C@@H](c3nc(-c4ccc(F)cc4)n[nH]3)Cc3c2[nH]c2ccc(Cl)cc32)no1. The van der Waals surface area contributed by atoms with Gasteiger partial charge in [0.2, 0.25) is 11.7 Å². The van der Waals surface area contributed by atoms with Gasteiger partial charge in [-0.2, -0.15) is 15.2 Å². The Balaban J connectivity index is 1.45. The van der Waals surface area contributed by atoms with E-state index in [0.29, 0.717) is 40.4 Å². The maximum Gasteiger partial charge on any atom is 0.223 e. The molecule has 7 rings (SSSR count). The number of nitrogens with zero attached hydrogens (tertiary/aromatic N) is 6. The van der Waals surface area contributed by atoms with Gasteiger partial charge in [-0.25, -0.2) is 9.37 Å². The molecule has 10 nitrogen and oxygen atoms in total. The van der Waals surface area contributed by atoms with Gasteiger partial charge in [-0.15, -0.1) is 0 Å². The van der Waals surface area contributed by atoms with Crippen LogP contribution >= 0.6 is 11.6 Å². The number of rotatable bonds is 4. The average molecular weight is 530 g/mol. The van der Waals surface area contributed by atoms with Crippen LogP contribution in [0.15, 0.2) is 59.4 Å². The van der Waals surface area contributed by atoms with Gasteiger partial charge >= 0.3 is 0 Å². The number of nitrogens with one attached hydrogen (secondary N) is 3. The van der Waals surface area contributed by atoms with Gasteiger partial charge in [-0.05, 0) is 54.4 Å². The van der Waals surface area contributed by atoms with E-state index in [0.717, 1.165) is 27.7 Å². The van der Waals surface area contributed by atoms with E-state index in [1.165, 1.54) is 12.1 Å². The van der Waals surface area contributed by atoms with Gasteiger partial charge < -0.3 is 9.51 Å². The lowest BCUT2D eigenvalue weighted by molar-refractivity contribution is 0.317. The molecule has 0 spiro atoms. The molecule has 1 aliphatic rings. The number of fused-ring (bicyclic) bond motifs is 3. The Labute approximate surface area is 220 Å². The van der Waals surface area contributed by atoms with Crippen molar-refractivity contribution < 1.29 is 8.91 Å². The number of aryl methyl sites for hydroxylation is 2. The molecule has 6 aromatic rings. The third kappa shape index (κ3) is 3.46. The summed E-state index contributed by atoms with van der Waals surface area (Å²) in [4.78, 5) is 13.0. The Kier molecular flexibility index (Phi) is 5.00. The molecule has 3 N–H and O–H groups in total. The quantitative estimate of drug-likeness (QED) is 0.310. The fraction of sp³-hybridized carbons (Fsp3) is 0.192. The first-order valence-corrected chi connectivity index (χ1v) is 12.3. The third-order valence-corrected chi connectivity index (χ3v) is 7.21. The molecule has 0 saturated carbocycles. The lowest BCUT2D eigenvalue weighted by atomic mass is 9.79. The molecule has 5 heterocycles. The Morgan fingerprint density at radius 3 is 2.74 bits per heavy atom. The minimum atomic E-state index is -1.04. The summed E-state index contributed by atoms with van der Waals surface area (Å²) in [5.74, 6) is 1.63. The Morgan fingerprint density at radius 2 is 2.00 bits per heavy atom. The minimum absolute atomic E-state index is 0.319. The van der Waals surface area contributed by atoms with E-state index < -0.39 is 5.54 Å². The van der Waals surface area contributed by atoms with Crippen molar-refractivity contribution in [1.82, 2.24) is 45.4 Å². The zero-order valence-electron chi connectivity index (χ0n) is 20.3. The molecule has 2 atom stereocenters. The van der Waals surface area contributed by atoms with Crippen molar-refractivity contribution in [3.05, 3.63) is 100 Å². The lowest BCUT2D eigenvalue weighted by Gasteiger charge is -2.39. The smallest absolute Gasteiger partial charge is 0.223 e. The van der Waals surface area contributed by atoms with Gasteiger partial charge in [0.1, 0.15) is 11.6 Å². The van der Waals surface area contributed by atoms with Gasteiger partial charge in [0.05, 0.1) is 17.9 Å². The molecule has 0 bridgehead atoms. The zero-order chi connectivity index (χ0) is 26.0. The normalized spacial score (nSPS) is 19.2. The number of halogens is 2. The number of hydrogen-bond donors (Lipinski definition) is 3. The van der Waals surface area contributed by atoms with Crippen LogP contribution in [0.2, 0.25) is 5.02 Å². The molecular formula is C26H21ClFN9O. The van der Waals surface area contributed by atoms with Crippen LogP contribution in [0, 0.1) is 12.7 Å². The summed E-state index contributed by atoms with van der Waals surface area (Å²) in [6, 6.07) is 11.5. The van der Waals surface area contributed by atoms with Gasteiger partial charge in [0.25, 0.3) is 0 Å². The number of aromatic amines is 2. The summed E-state index contributed by atoms with van der Waals surface area (Å²) in [5, 5.41) is 21.7. The highest BCUT2D eigenvalue weighted by Gasteiger charge is 2.50. The fourth-order valence-corrected chi connectivity index (χ4v) is 5.44. The number of aromatic nitrogens is 8. The van der Waals surface area contributed by atoms with Crippen molar-refractivity contribution in [2.75, 3.05) is 0 Å². The second-order valence-corrected chi connectivity index (χ2v) is 9.85.